The van der Waals surface area contributed by atoms with Crippen LogP contribution in [0.25, 0.3) is 0 Å². The maximum atomic E-state index is 4.55. The number of hydrogen-bond acceptors (Lipinski definition) is 2. The van der Waals surface area contributed by atoms with Crippen molar-refractivity contribution in [3.63, 3.8) is 0 Å². The first-order chi connectivity index (χ1) is 9.85. The zero-order valence-electron chi connectivity index (χ0n) is 12.2. The van der Waals surface area contributed by atoms with Gasteiger partial charge in [0.15, 0.2) is 0 Å². The van der Waals surface area contributed by atoms with E-state index in [0.29, 0.717) is 0 Å². The zero-order chi connectivity index (χ0) is 13.8. The summed E-state index contributed by atoms with van der Waals surface area (Å²) in [6.07, 6.45) is 5.31. The van der Waals surface area contributed by atoms with Crippen LogP contribution < -0.4 is 0 Å². The van der Waals surface area contributed by atoms with Crippen molar-refractivity contribution in [1.29, 1.82) is 0 Å². The SMILES string of the molecule is CCc1ccc(CCN2CCc3ccccc3C2)nc1. The molecule has 0 saturated heterocycles. The Morgan fingerprint density at radius 3 is 2.70 bits per heavy atom. The van der Waals surface area contributed by atoms with E-state index in [1.54, 1.807) is 0 Å². The fourth-order valence-corrected chi connectivity index (χ4v) is 2.83. The van der Waals surface area contributed by atoms with Gasteiger partial charge in [0.25, 0.3) is 0 Å². The van der Waals surface area contributed by atoms with Crippen molar-refractivity contribution in [2.45, 2.75) is 32.7 Å². The minimum atomic E-state index is 1.05. The highest BCUT2D eigenvalue weighted by Gasteiger charge is 2.15. The molecule has 2 nitrogen and oxygen atoms in total. The third-order valence-electron chi connectivity index (χ3n) is 4.19. The lowest BCUT2D eigenvalue weighted by Gasteiger charge is -2.28. The van der Waals surface area contributed by atoms with Gasteiger partial charge in [-0.2, -0.15) is 0 Å². The Bertz CT molecular complexity index is 560. The molecule has 20 heavy (non-hydrogen) atoms. The van der Waals surface area contributed by atoms with Gasteiger partial charge in [-0.25, -0.2) is 0 Å². The Hall–Kier alpha value is -1.67. The molecule has 1 aromatic heterocycles. The van der Waals surface area contributed by atoms with Gasteiger partial charge in [0.1, 0.15) is 0 Å². The van der Waals surface area contributed by atoms with Gasteiger partial charge in [0, 0.05) is 37.9 Å². The highest BCUT2D eigenvalue weighted by molar-refractivity contribution is 5.29. The Morgan fingerprint density at radius 2 is 1.95 bits per heavy atom. The average Bonchev–Trinajstić information content (AvgIpc) is 2.53. The molecule has 0 radical (unpaired) electrons. The molecule has 3 rings (SSSR count). The maximum Gasteiger partial charge on any atom is 0.0416 e. The summed E-state index contributed by atoms with van der Waals surface area (Å²) in [4.78, 5) is 7.09. The predicted molar refractivity (Wildman–Crippen MR) is 82.7 cm³/mol. The summed E-state index contributed by atoms with van der Waals surface area (Å²) in [5.41, 5.74) is 5.55. The number of benzene rings is 1. The highest BCUT2D eigenvalue weighted by atomic mass is 15.1. The molecule has 0 fully saturated rings. The van der Waals surface area contributed by atoms with Crippen LogP contribution in [0, 0.1) is 0 Å². The minimum absolute atomic E-state index is 1.05. The topological polar surface area (TPSA) is 16.1 Å². The zero-order valence-corrected chi connectivity index (χ0v) is 12.2. The quantitative estimate of drug-likeness (QED) is 0.844. The summed E-state index contributed by atoms with van der Waals surface area (Å²) in [5, 5.41) is 0. The molecule has 0 N–H and O–H groups in total. The summed E-state index contributed by atoms with van der Waals surface area (Å²) < 4.78 is 0. The number of pyridine rings is 1. The van der Waals surface area contributed by atoms with Crippen LogP contribution in [0.1, 0.15) is 29.3 Å². The number of rotatable bonds is 4. The molecular formula is C18H22N2. The van der Waals surface area contributed by atoms with Gasteiger partial charge >= 0.3 is 0 Å². The van der Waals surface area contributed by atoms with E-state index in [9.17, 15) is 0 Å². The molecule has 0 unspecified atom stereocenters. The van der Waals surface area contributed by atoms with Crippen molar-refractivity contribution in [1.82, 2.24) is 9.88 Å². The third kappa shape index (κ3) is 3.07. The van der Waals surface area contributed by atoms with Crippen molar-refractivity contribution in [3.8, 4) is 0 Å². The molecular weight excluding hydrogens is 244 g/mol. The first-order valence-corrected chi connectivity index (χ1v) is 7.58. The summed E-state index contributed by atoms with van der Waals surface area (Å²) in [6, 6.07) is 13.2. The second-order valence-corrected chi connectivity index (χ2v) is 5.56. The third-order valence-corrected chi connectivity index (χ3v) is 4.19. The largest absolute Gasteiger partial charge is 0.298 e. The van der Waals surface area contributed by atoms with Crippen LogP contribution in [0.4, 0.5) is 0 Å². The molecule has 0 amide bonds. The lowest BCUT2D eigenvalue weighted by molar-refractivity contribution is 0.256. The lowest BCUT2D eigenvalue weighted by atomic mass is 10.00. The normalized spacial score (nSPS) is 15.1. The molecule has 1 aliphatic rings. The van der Waals surface area contributed by atoms with Gasteiger partial charge in [-0.1, -0.05) is 37.3 Å². The highest BCUT2D eigenvalue weighted by Crippen LogP contribution is 2.18. The summed E-state index contributed by atoms with van der Waals surface area (Å²) in [5.74, 6) is 0. The second kappa shape index (κ2) is 6.19. The number of aromatic nitrogens is 1. The van der Waals surface area contributed by atoms with E-state index in [1.807, 2.05) is 6.20 Å². The molecule has 1 aromatic carbocycles. The van der Waals surface area contributed by atoms with Crippen molar-refractivity contribution in [3.05, 3.63) is 65.0 Å². The molecule has 0 saturated carbocycles. The van der Waals surface area contributed by atoms with Gasteiger partial charge in [0.05, 0.1) is 0 Å². The standard InChI is InChI=1S/C18H22N2/c1-2-15-7-8-18(19-13-15)10-12-20-11-9-16-5-3-4-6-17(16)14-20/h3-8,13H,2,9-12,14H2,1H3. The van der Waals surface area contributed by atoms with Gasteiger partial charge in [-0.15, -0.1) is 0 Å². The molecule has 104 valence electrons. The van der Waals surface area contributed by atoms with Crippen LogP contribution in [0.3, 0.4) is 0 Å². The van der Waals surface area contributed by atoms with Crippen molar-refractivity contribution in [2.24, 2.45) is 0 Å². The first kappa shape index (κ1) is 13.3. The van der Waals surface area contributed by atoms with Crippen LogP contribution >= 0.6 is 0 Å². The Balaban J connectivity index is 1.57. The van der Waals surface area contributed by atoms with E-state index in [2.05, 4.69) is 53.2 Å². The Morgan fingerprint density at radius 1 is 1.10 bits per heavy atom. The van der Waals surface area contributed by atoms with Gasteiger partial charge in [0.2, 0.25) is 0 Å². The average molecular weight is 266 g/mol. The van der Waals surface area contributed by atoms with Crippen molar-refractivity contribution < 1.29 is 0 Å². The molecule has 0 spiro atoms. The summed E-state index contributed by atoms with van der Waals surface area (Å²) >= 11 is 0. The molecule has 2 heterocycles. The molecule has 2 aromatic rings. The lowest BCUT2D eigenvalue weighted by Crippen LogP contribution is -2.32. The smallest absolute Gasteiger partial charge is 0.0416 e. The van der Waals surface area contributed by atoms with Crippen LogP contribution in [0.2, 0.25) is 0 Å². The van der Waals surface area contributed by atoms with Crippen LogP contribution in [-0.4, -0.2) is 23.0 Å². The van der Waals surface area contributed by atoms with E-state index in [4.69, 9.17) is 0 Å². The van der Waals surface area contributed by atoms with E-state index in [0.717, 1.165) is 25.9 Å². The number of aryl methyl sites for hydroxylation is 1. The summed E-state index contributed by atoms with van der Waals surface area (Å²) in [6.45, 7) is 5.53. The van der Waals surface area contributed by atoms with Crippen molar-refractivity contribution >= 4 is 0 Å². The Labute approximate surface area is 121 Å². The molecule has 0 aliphatic carbocycles. The molecule has 1 aliphatic heterocycles. The Kier molecular flexibility index (Phi) is 4.12. The van der Waals surface area contributed by atoms with E-state index in [-0.39, 0.29) is 0 Å². The molecule has 0 bridgehead atoms. The predicted octanol–water partition coefficient (Wildman–Crippen LogP) is 3.24. The molecule has 0 atom stereocenters. The van der Waals surface area contributed by atoms with E-state index < -0.39 is 0 Å². The second-order valence-electron chi connectivity index (χ2n) is 5.56. The summed E-state index contributed by atoms with van der Waals surface area (Å²) in [7, 11) is 0. The van der Waals surface area contributed by atoms with Crippen LogP contribution in [0.15, 0.2) is 42.6 Å². The van der Waals surface area contributed by atoms with Gasteiger partial charge in [-0.3, -0.25) is 9.88 Å². The number of hydrogen-bond donors (Lipinski definition) is 0. The van der Waals surface area contributed by atoms with Crippen molar-refractivity contribution in [2.75, 3.05) is 13.1 Å². The number of nitrogens with zero attached hydrogens (tertiary/aromatic N) is 2. The fraction of sp³-hybridized carbons (Fsp3) is 0.389. The number of fused-ring (bicyclic) bond motifs is 1. The van der Waals surface area contributed by atoms with E-state index >= 15 is 0 Å². The van der Waals surface area contributed by atoms with Gasteiger partial charge < -0.3 is 0 Å². The van der Waals surface area contributed by atoms with Crippen LogP contribution in [-0.2, 0) is 25.8 Å². The monoisotopic (exact) mass is 266 g/mol. The van der Waals surface area contributed by atoms with E-state index in [1.165, 1.54) is 35.3 Å². The fourth-order valence-electron chi connectivity index (χ4n) is 2.83. The van der Waals surface area contributed by atoms with Crippen LogP contribution in [0.5, 0.6) is 0 Å². The minimum Gasteiger partial charge on any atom is -0.298 e. The first-order valence-electron chi connectivity index (χ1n) is 7.58. The maximum absolute atomic E-state index is 4.55. The van der Waals surface area contributed by atoms with Gasteiger partial charge in [-0.05, 0) is 35.6 Å². The molecule has 2 heteroatoms.